The van der Waals surface area contributed by atoms with Crippen LogP contribution in [0, 0.1) is 0 Å². The molecule has 2 nitrogen and oxygen atoms in total. The van der Waals surface area contributed by atoms with Crippen molar-refractivity contribution in [1.82, 2.24) is 0 Å². The van der Waals surface area contributed by atoms with E-state index in [1.54, 1.807) is 0 Å². The second-order valence-electron chi connectivity index (χ2n) is 9.19. The highest BCUT2D eigenvalue weighted by Crippen LogP contribution is 2.52. The molecular formula is C30H10Br4O2. The summed E-state index contributed by atoms with van der Waals surface area (Å²) in [4.78, 5) is 27.6. The molecule has 0 aliphatic carbocycles. The quantitative estimate of drug-likeness (QED) is 0.115. The maximum atomic E-state index is 14.0. The smallest absolute Gasteiger partial charge is 0.196 e. The number of rotatable bonds is 0. The second-order valence-corrected chi connectivity index (χ2v) is 12.4. The topological polar surface area (TPSA) is 34.1 Å². The second kappa shape index (κ2) is 7.13. The van der Waals surface area contributed by atoms with Crippen LogP contribution >= 0.6 is 63.7 Å². The number of halogens is 4. The lowest BCUT2D eigenvalue weighted by atomic mass is 9.84. The van der Waals surface area contributed by atoms with E-state index < -0.39 is 0 Å². The van der Waals surface area contributed by atoms with E-state index in [1.165, 1.54) is 0 Å². The monoisotopic (exact) mass is 718 g/mol. The molecule has 0 radical (unpaired) electrons. The van der Waals surface area contributed by atoms with Gasteiger partial charge in [-0.15, -0.1) is 0 Å². The lowest BCUT2D eigenvalue weighted by Crippen LogP contribution is -2.08. The zero-order valence-electron chi connectivity index (χ0n) is 18.1. The van der Waals surface area contributed by atoms with Crippen molar-refractivity contribution in [3.63, 3.8) is 0 Å². The van der Waals surface area contributed by atoms with Gasteiger partial charge in [0, 0.05) is 61.0 Å². The summed E-state index contributed by atoms with van der Waals surface area (Å²) in [5.41, 5.74) is 0.00152. The Balaban J connectivity index is 1.87. The van der Waals surface area contributed by atoms with Gasteiger partial charge in [-0.05, 0) is 98.3 Å². The van der Waals surface area contributed by atoms with Crippen LogP contribution in [0.1, 0.15) is 0 Å². The molecule has 0 aliphatic heterocycles. The lowest BCUT2D eigenvalue weighted by molar-refractivity contribution is 1.66. The van der Waals surface area contributed by atoms with Gasteiger partial charge in [0.2, 0.25) is 0 Å². The number of hydrogen-bond donors (Lipinski definition) is 0. The maximum Gasteiger partial charge on any atom is 0.196 e. The predicted octanol–water partition coefficient (Wildman–Crippen LogP) is 9.84. The zero-order chi connectivity index (χ0) is 24.6. The molecule has 0 N–H and O–H groups in total. The highest BCUT2D eigenvalue weighted by molar-refractivity contribution is 9.13. The summed E-state index contributed by atoms with van der Waals surface area (Å²) in [6.07, 6.45) is 0. The summed E-state index contributed by atoms with van der Waals surface area (Å²) in [5, 5.41) is 12.5. The Morgan fingerprint density at radius 2 is 1.08 bits per heavy atom. The zero-order valence-corrected chi connectivity index (χ0v) is 24.4. The molecule has 170 valence electrons. The molecule has 8 aromatic rings. The van der Waals surface area contributed by atoms with Gasteiger partial charge in [-0.3, -0.25) is 9.59 Å². The molecule has 8 aromatic carbocycles. The van der Waals surface area contributed by atoms with E-state index in [0.717, 1.165) is 71.8 Å². The van der Waals surface area contributed by atoms with Crippen LogP contribution in [0.15, 0.2) is 88.1 Å². The third-order valence-corrected chi connectivity index (χ3v) is 11.2. The Morgan fingerprint density at radius 3 is 1.89 bits per heavy atom. The largest absolute Gasteiger partial charge is 0.289 e. The van der Waals surface area contributed by atoms with Gasteiger partial charge in [0.15, 0.2) is 10.9 Å². The van der Waals surface area contributed by atoms with Crippen molar-refractivity contribution in [2.45, 2.75) is 0 Å². The van der Waals surface area contributed by atoms with Crippen molar-refractivity contribution in [2.24, 2.45) is 0 Å². The van der Waals surface area contributed by atoms with Crippen LogP contribution in [-0.4, -0.2) is 0 Å². The minimum absolute atomic E-state index is 0.0312. The lowest BCUT2D eigenvalue weighted by Gasteiger charge is -2.22. The normalized spacial score (nSPS) is 12.7. The predicted molar refractivity (Wildman–Crippen MR) is 166 cm³/mol. The molecule has 0 heterocycles. The van der Waals surface area contributed by atoms with Gasteiger partial charge in [-0.1, -0.05) is 58.4 Å². The van der Waals surface area contributed by atoms with Crippen LogP contribution < -0.4 is 10.9 Å². The van der Waals surface area contributed by atoms with Crippen LogP contribution in [0.25, 0.3) is 75.4 Å². The maximum absolute atomic E-state index is 14.0. The Labute approximate surface area is 236 Å². The summed E-state index contributed by atoms with van der Waals surface area (Å²) in [6.45, 7) is 0. The fraction of sp³-hybridized carbons (Fsp3) is 0. The summed E-state index contributed by atoms with van der Waals surface area (Å²) in [7, 11) is 0. The minimum Gasteiger partial charge on any atom is -0.289 e. The molecule has 0 saturated heterocycles. The first-order valence-corrected chi connectivity index (χ1v) is 14.4. The first-order valence-electron chi connectivity index (χ1n) is 11.2. The fourth-order valence-corrected chi connectivity index (χ4v) is 8.55. The van der Waals surface area contributed by atoms with Gasteiger partial charge in [-0.2, -0.15) is 0 Å². The molecule has 0 atom stereocenters. The average Bonchev–Trinajstić information content (AvgIpc) is 2.88. The third-order valence-electron chi connectivity index (χ3n) is 7.58. The van der Waals surface area contributed by atoms with Crippen molar-refractivity contribution in [2.75, 3.05) is 0 Å². The molecule has 8 rings (SSSR count). The number of hydrogen-bond acceptors (Lipinski definition) is 2. The van der Waals surface area contributed by atoms with Gasteiger partial charge in [0.25, 0.3) is 0 Å². The summed E-state index contributed by atoms with van der Waals surface area (Å²) < 4.78 is 3.26. The SMILES string of the molecule is O=c1c2ccccc2c2cc3c(Br)c(Br)c4c(=O)c5c(Br)cccc5c5c(Br)c6ccc1c2c6c3c45. The molecule has 0 amide bonds. The van der Waals surface area contributed by atoms with E-state index in [9.17, 15) is 9.59 Å². The van der Waals surface area contributed by atoms with Crippen molar-refractivity contribution in [3.05, 3.63) is 99.0 Å². The van der Waals surface area contributed by atoms with Crippen molar-refractivity contribution in [3.8, 4) is 0 Å². The van der Waals surface area contributed by atoms with Crippen LogP contribution in [0.5, 0.6) is 0 Å². The van der Waals surface area contributed by atoms with Crippen molar-refractivity contribution >= 4 is 139 Å². The Hall–Kier alpha value is -2.38. The minimum atomic E-state index is -0.0312. The summed E-state index contributed by atoms with van der Waals surface area (Å²) in [5.74, 6) is 0. The van der Waals surface area contributed by atoms with Gasteiger partial charge in [0.05, 0.1) is 0 Å². The van der Waals surface area contributed by atoms with Crippen LogP contribution in [-0.2, 0) is 0 Å². The van der Waals surface area contributed by atoms with Gasteiger partial charge in [0.1, 0.15) is 0 Å². The standard InChI is InChI=1S/C30H10Br4O2/c31-18-7-3-6-13-20(18)30(36)25-24-22-17(27(33)28(25)34)10-16-11-4-1-2-5-12(11)29(35)15-9-8-14(21(22)19(15)16)26(32)23(13)24/h1-10H. The molecule has 0 fully saturated rings. The van der Waals surface area contributed by atoms with E-state index >= 15 is 0 Å². The molecule has 0 unspecified atom stereocenters. The third kappa shape index (κ3) is 2.38. The molecule has 36 heavy (non-hydrogen) atoms. The van der Waals surface area contributed by atoms with Crippen molar-refractivity contribution < 1.29 is 0 Å². The molecule has 0 saturated carbocycles. The van der Waals surface area contributed by atoms with Gasteiger partial charge >= 0.3 is 0 Å². The van der Waals surface area contributed by atoms with Crippen LogP contribution in [0.2, 0.25) is 0 Å². The Kier molecular flexibility index (Phi) is 4.30. The first-order chi connectivity index (χ1) is 17.4. The molecule has 0 aromatic heterocycles. The van der Waals surface area contributed by atoms with Crippen LogP contribution in [0.4, 0.5) is 0 Å². The first kappa shape index (κ1) is 21.7. The Bertz CT molecular complexity index is 2400. The highest BCUT2D eigenvalue weighted by Gasteiger charge is 2.27. The molecular weight excluding hydrogens is 712 g/mol. The van der Waals surface area contributed by atoms with Gasteiger partial charge in [-0.25, -0.2) is 0 Å². The van der Waals surface area contributed by atoms with E-state index in [4.69, 9.17) is 0 Å². The van der Waals surface area contributed by atoms with Crippen molar-refractivity contribution in [1.29, 1.82) is 0 Å². The van der Waals surface area contributed by atoms with E-state index in [0.29, 0.717) is 21.5 Å². The number of benzene rings is 8. The highest BCUT2D eigenvalue weighted by atomic mass is 79.9. The van der Waals surface area contributed by atoms with E-state index in [1.807, 2.05) is 54.6 Å². The number of fused-ring (bicyclic) bond motifs is 4. The molecule has 0 bridgehead atoms. The molecule has 0 spiro atoms. The van der Waals surface area contributed by atoms with E-state index in [-0.39, 0.29) is 10.9 Å². The average molecular weight is 722 g/mol. The van der Waals surface area contributed by atoms with Crippen LogP contribution in [0.3, 0.4) is 0 Å². The molecule has 6 heteroatoms. The Morgan fingerprint density at radius 1 is 0.389 bits per heavy atom. The fourth-order valence-electron chi connectivity index (χ4n) is 6.16. The summed E-state index contributed by atoms with van der Waals surface area (Å²) >= 11 is 15.2. The van der Waals surface area contributed by atoms with Gasteiger partial charge < -0.3 is 0 Å². The van der Waals surface area contributed by atoms with E-state index in [2.05, 4.69) is 69.8 Å². The molecule has 0 aliphatic rings. The summed E-state index contributed by atoms with van der Waals surface area (Å²) in [6, 6.07) is 19.8.